The highest BCUT2D eigenvalue weighted by atomic mass is 32.2. The lowest BCUT2D eigenvalue weighted by Gasteiger charge is -2.21. The molecule has 2 unspecified atom stereocenters. The minimum atomic E-state index is -4.32. The fourth-order valence-electron chi connectivity index (χ4n) is 5.15. The van der Waals surface area contributed by atoms with E-state index >= 15 is 0 Å². The first kappa shape index (κ1) is 39.1. The second-order valence-corrected chi connectivity index (χ2v) is 13.3. The van der Waals surface area contributed by atoms with E-state index in [2.05, 4.69) is 19.2 Å². The molecule has 0 rings (SSSR count). The molecule has 1 amide bonds. The topological polar surface area (TPSA) is 104 Å². The molecule has 2 atom stereocenters. The minimum Gasteiger partial charge on any atom is -0.387 e. The van der Waals surface area contributed by atoms with Crippen LogP contribution in [0.4, 0.5) is 0 Å². The summed E-state index contributed by atoms with van der Waals surface area (Å²) >= 11 is 0. The third-order valence-electron chi connectivity index (χ3n) is 7.71. The predicted molar refractivity (Wildman–Crippen MR) is 170 cm³/mol. The number of unbranched alkanes of at least 4 members (excludes halogenated alkanes) is 22. The van der Waals surface area contributed by atoms with Crippen molar-refractivity contribution in [3.05, 3.63) is 12.2 Å². The van der Waals surface area contributed by atoms with Gasteiger partial charge in [0, 0.05) is 6.42 Å². The number of aliphatic hydroxyl groups excluding tert-OH is 1. The molecule has 0 bridgehead atoms. The number of hydrogen-bond donors (Lipinski definition) is 3. The molecule has 7 heteroatoms. The molecule has 0 saturated carbocycles. The summed E-state index contributed by atoms with van der Waals surface area (Å²) in [6.45, 7) is 4.44. The molecule has 0 aliphatic carbocycles. The fourth-order valence-corrected chi connectivity index (χ4v) is 5.89. The van der Waals surface area contributed by atoms with Gasteiger partial charge in [0.25, 0.3) is 10.1 Å². The van der Waals surface area contributed by atoms with E-state index in [4.69, 9.17) is 0 Å². The van der Waals surface area contributed by atoms with Crippen LogP contribution < -0.4 is 5.32 Å². The van der Waals surface area contributed by atoms with Crippen molar-refractivity contribution >= 4 is 16.0 Å². The Bertz CT molecular complexity index is 695. The number of amides is 1. The smallest absolute Gasteiger partial charge is 0.267 e. The largest absolute Gasteiger partial charge is 0.387 e. The van der Waals surface area contributed by atoms with Gasteiger partial charge in [0.15, 0.2) is 0 Å². The quantitative estimate of drug-likeness (QED) is 0.0442. The number of carbonyl (C=O) groups excluding carboxylic acids is 1. The monoisotopic (exact) mass is 587 g/mol. The van der Waals surface area contributed by atoms with Crippen LogP contribution in [0.5, 0.6) is 0 Å². The third-order valence-corrected chi connectivity index (χ3v) is 8.49. The Labute approximate surface area is 248 Å². The summed E-state index contributed by atoms with van der Waals surface area (Å²) in [5.41, 5.74) is 0. The number of carbonyl (C=O) groups is 1. The summed E-state index contributed by atoms with van der Waals surface area (Å²) in [5, 5.41) is 13.0. The highest BCUT2D eigenvalue weighted by Crippen LogP contribution is 2.15. The van der Waals surface area contributed by atoms with Gasteiger partial charge in [-0.2, -0.15) is 8.42 Å². The van der Waals surface area contributed by atoms with Crippen LogP contribution >= 0.6 is 0 Å². The lowest BCUT2D eigenvalue weighted by Crippen LogP contribution is -2.46. The van der Waals surface area contributed by atoms with Crippen LogP contribution in [0.2, 0.25) is 0 Å². The summed E-state index contributed by atoms with van der Waals surface area (Å²) < 4.78 is 32.1. The van der Waals surface area contributed by atoms with Crippen molar-refractivity contribution in [3.8, 4) is 0 Å². The Morgan fingerprint density at radius 2 is 1.02 bits per heavy atom. The zero-order chi connectivity index (χ0) is 29.7. The van der Waals surface area contributed by atoms with Crippen LogP contribution in [0, 0.1) is 0 Å². The number of nitrogens with one attached hydrogen (secondary N) is 1. The zero-order valence-electron chi connectivity index (χ0n) is 26.2. The fraction of sp³-hybridized carbons (Fsp3) is 0.909. The summed E-state index contributed by atoms with van der Waals surface area (Å²) in [6.07, 6.45) is 32.2. The van der Waals surface area contributed by atoms with E-state index in [1.807, 2.05) is 6.08 Å². The van der Waals surface area contributed by atoms with Crippen molar-refractivity contribution in [1.82, 2.24) is 5.32 Å². The van der Waals surface area contributed by atoms with Crippen LogP contribution in [0.25, 0.3) is 0 Å². The average molecular weight is 588 g/mol. The standard InChI is InChI=1S/C33H65NO5S/c1-3-5-7-9-11-12-13-14-15-16-17-18-19-20-21-23-25-27-29-33(36)34-31(30-40(37,38)39)32(35)28-26-24-22-10-8-6-4-2/h26,28,31-32,35H,3-25,27,29-30H2,1-2H3,(H,34,36)(H,37,38,39)/b28-26+. The SMILES string of the molecule is CCCCCCC/C=C/C(O)C(CS(=O)(=O)O)NC(=O)CCCCCCCCCCCCCCCCCCCC. The third kappa shape index (κ3) is 28.6. The molecule has 0 radical (unpaired) electrons. The Morgan fingerprint density at radius 1 is 0.650 bits per heavy atom. The molecule has 0 aliphatic rings. The van der Waals surface area contributed by atoms with Crippen LogP contribution in [0.3, 0.4) is 0 Å². The Morgan fingerprint density at radius 3 is 1.43 bits per heavy atom. The van der Waals surface area contributed by atoms with Gasteiger partial charge in [-0.15, -0.1) is 0 Å². The van der Waals surface area contributed by atoms with Crippen molar-refractivity contribution in [2.24, 2.45) is 0 Å². The average Bonchev–Trinajstić information content (AvgIpc) is 2.90. The van der Waals surface area contributed by atoms with E-state index in [1.54, 1.807) is 0 Å². The zero-order valence-corrected chi connectivity index (χ0v) is 27.0. The summed E-state index contributed by atoms with van der Waals surface area (Å²) in [5.74, 6) is -0.975. The van der Waals surface area contributed by atoms with Gasteiger partial charge in [-0.1, -0.05) is 161 Å². The van der Waals surface area contributed by atoms with Gasteiger partial charge in [-0.3, -0.25) is 9.35 Å². The van der Waals surface area contributed by atoms with Crippen molar-refractivity contribution in [3.63, 3.8) is 0 Å². The van der Waals surface area contributed by atoms with Crippen LogP contribution in [0.15, 0.2) is 12.2 Å². The molecule has 6 nitrogen and oxygen atoms in total. The summed E-state index contributed by atoms with van der Waals surface area (Å²) in [6, 6.07) is -1.05. The lowest BCUT2D eigenvalue weighted by molar-refractivity contribution is -0.122. The van der Waals surface area contributed by atoms with Crippen LogP contribution in [0.1, 0.15) is 174 Å². The summed E-state index contributed by atoms with van der Waals surface area (Å²) in [7, 11) is -4.32. The maximum Gasteiger partial charge on any atom is 0.267 e. The Hall–Kier alpha value is -0.920. The van der Waals surface area contributed by atoms with Gasteiger partial charge in [-0.05, 0) is 19.3 Å². The second kappa shape index (κ2) is 28.2. The molecular formula is C33H65NO5S. The molecule has 0 aromatic rings. The Balaban J connectivity index is 3.84. The van der Waals surface area contributed by atoms with Crippen molar-refractivity contribution in [2.45, 2.75) is 187 Å². The molecule has 0 aliphatic heterocycles. The van der Waals surface area contributed by atoms with Gasteiger partial charge < -0.3 is 10.4 Å². The molecule has 0 fully saturated rings. The number of rotatable bonds is 30. The van der Waals surface area contributed by atoms with Gasteiger partial charge in [-0.25, -0.2) is 0 Å². The maximum atomic E-state index is 12.4. The minimum absolute atomic E-state index is 0.280. The van der Waals surface area contributed by atoms with Crippen molar-refractivity contribution < 1.29 is 22.9 Å². The first-order valence-corrected chi connectivity index (χ1v) is 18.5. The molecule has 0 saturated heterocycles. The van der Waals surface area contributed by atoms with Crippen molar-refractivity contribution in [1.29, 1.82) is 0 Å². The van der Waals surface area contributed by atoms with E-state index in [-0.39, 0.29) is 5.91 Å². The predicted octanol–water partition coefficient (Wildman–Crippen LogP) is 9.07. The lowest BCUT2D eigenvalue weighted by atomic mass is 10.0. The van der Waals surface area contributed by atoms with E-state index in [9.17, 15) is 22.9 Å². The molecular weight excluding hydrogens is 522 g/mol. The van der Waals surface area contributed by atoms with E-state index in [0.717, 1.165) is 38.5 Å². The normalized spacial score (nSPS) is 13.6. The van der Waals surface area contributed by atoms with Gasteiger partial charge >= 0.3 is 0 Å². The summed E-state index contributed by atoms with van der Waals surface area (Å²) in [4.78, 5) is 12.4. The second-order valence-electron chi connectivity index (χ2n) is 11.8. The first-order chi connectivity index (χ1) is 19.3. The number of allylic oxidation sites excluding steroid dienone is 1. The number of aliphatic hydroxyl groups is 1. The van der Waals surface area contributed by atoms with Gasteiger partial charge in [0.2, 0.25) is 5.91 Å². The molecule has 3 N–H and O–H groups in total. The van der Waals surface area contributed by atoms with Gasteiger partial charge in [0.05, 0.1) is 17.9 Å². The molecule has 0 heterocycles. The first-order valence-electron chi connectivity index (χ1n) is 16.9. The van der Waals surface area contributed by atoms with Crippen LogP contribution in [-0.4, -0.2) is 41.9 Å². The molecule has 0 aromatic carbocycles. The van der Waals surface area contributed by atoms with E-state index < -0.39 is 28.0 Å². The highest BCUT2D eigenvalue weighted by Gasteiger charge is 2.24. The highest BCUT2D eigenvalue weighted by molar-refractivity contribution is 7.85. The molecule has 0 aromatic heterocycles. The van der Waals surface area contributed by atoms with Crippen LogP contribution in [-0.2, 0) is 14.9 Å². The number of hydrogen-bond acceptors (Lipinski definition) is 4. The van der Waals surface area contributed by atoms with E-state index in [1.165, 1.54) is 122 Å². The van der Waals surface area contributed by atoms with E-state index in [0.29, 0.717) is 6.42 Å². The Kier molecular flexibility index (Phi) is 27.6. The van der Waals surface area contributed by atoms with Gasteiger partial charge in [0.1, 0.15) is 0 Å². The molecule has 40 heavy (non-hydrogen) atoms. The maximum absolute atomic E-state index is 12.4. The van der Waals surface area contributed by atoms with Crippen molar-refractivity contribution in [2.75, 3.05) is 5.75 Å². The molecule has 238 valence electrons. The molecule has 0 spiro atoms.